The van der Waals surface area contributed by atoms with Gasteiger partial charge in [0.15, 0.2) is 5.13 Å². The third-order valence-electron chi connectivity index (χ3n) is 4.38. The number of aromatic nitrogens is 1. The summed E-state index contributed by atoms with van der Waals surface area (Å²) in [6.07, 6.45) is 7.33. The molecule has 4 nitrogen and oxygen atoms in total. The van der Waals surface area contributed by atoms with E-state index in [0.29, 0.717) is 6.54 Å². The molecule has 0 unspecified atom stereocenters. The number of hydrogen-bond donors (Lipinski definition) is 2. The maximum Gasteiger partial charge on any atom is 0.233 e. The van der Waals surface area contributed by atoms with Gasteiger partial charge in [0.05, 0.1) is 11.1 Å². The average Bonchev–Trinajstić information content (AvgIpc) is 2.67. The second kappa shape index (κ2) is 6.68. The first-order valence-corrected chi connectivity index (χ1v) is 8.41. The van der Waals surface area contributed by atoms with Crippen LogP contribution in [0.5, 0.6) is 0 Å². The van der Waals surface area contributed by atoms with Crippen LogP contribution in [0, 0.1) is 12.3 Å². The van der Waals surface area contributed by atoms with Crippen molar-refractivity contribution in [3.05, 3.63) is 10.6 Å². The van der Waals surface area contributed by atoms with E-state index in [2.05, 4.69) is 24.1 Å². The summed E-state index contributed by atoms with van der Waals surface area (Å²) in [7, 11) is 0. The maximum absolute atomic E-state index is 12.7. The van der Waals surface area contributed by atoms with Gasteiger partial charge in [-0.2, -0.15) is 0 Å². The van der Waals surface area contributed by atoms with E-state index in [-0.39, 0.29) is 11.3 Å². The monoisotopic (exact) mass is 295 g/mol. The minimum absolute atomic E-state index is 0.0679. The molecule has 2 rings (SSSR count). The summed E-state index contributed by atoms with van der Waals surface area (Å²) in [4.78, 5) is 18.3. The Kier molecular flexibility index (Phi) is 5.16. The highest BCUT2D eigenvalue weighted by molar-refractivity contribution is 7.15. The summed E-state index contributed by atoms with van der Waals surface area (Å²) in [6.45, 7) is 4.57. The van der Waals surface area contributed by atoms with Gasteiger partial charge in [0.1, 0.15) is 0 Å². The number of nitrogens with one attached hydrogen (secondary N) is 1. The molecule has 0 aliphatic heterocycles. The molecular formula is C15H25N3OS. The Labute approximate surface area is 125 Å². The van der Waals surface area contributed by atoms with Crippen LogP contribution in [0.4, 0.5) is 5.13 Å². The molecule has 1 aromatic rings. The first-order valence-electron chi connectivity index (χ1n) is 7.59. The van der Waals surface area contributed by atoms with Crippen LogP contribution in [-0.4, -0.2) is 17.4 Å². The SMILES string of the molecule is CCc1nc(NC(=O)C2(CN)CCCCCC2)sc1C. The Bertz CT molecular complexity index is 462. The van der Waals surface area contributed by atoms with Crippen molar-refractivity contribution in [2.45, 2.75) is 58.8 Å². The van der Waals surface area contributed by atoms with Crippen LogP contribution < -0.4 is 11.1 Å². The Morgan fingerprint density at radius 3 is 2.50 bits per heavy atom. The van der Waals surface area contributed by atoms with Gasteiger partial charge in [-0.15, -0.1) is 11.3 Å². The summed E-state index contributed by atoms with van der Waals surface area (Å²) >= 11 is 1.56. The summed E-state index contributed by atoms with van der Waals surface area (Å²) in [6, 6.07) is 0. The van der Waals surface area contributed by atoms with Crippen molar-refractivity contribution < 1.29 is 4.79 Å². The molecule has 1 fully saturated rings. The van der Waals surface area contributed by atoms with Crippen molar-refractivity contribution in [2.24, 2.45) is 11.1 Å². The van der Waals surface area contributed by atoms with E-state index in [4.69, 9.17) is 5.73 Å². The standard InChI is InChI=1S/C15H25N3OS/c1-3-12-11(2)20-14(17-12)18-13(19)15(10-16)8-6-4-5-7-9-15/h3-10,16H2,1-2H3,(H,17,18,19). The molecule has 0 radical (unpaired) electrons. The van der Waals surface area contributed by atoms with Gasteiger partial charge >= 0.3 is 0 Å². The number of nitrogens with two attached hydrogens (primary N) is 1. The lowest BCUT2D eigenvalue weighted by Gasteiger charge is -2.29. The van der Waals surface area contributed by atoms with Gasteiger partial charge in [-0.25, -0.2) is 4.98 Å². The predicted molar refractivity (Wildman–Crippen MR) is 84.0 cm³/mol. The Morgan fingerprint density at radius 2 is 2.00 bits per heavy atom. The van der Waals surface area contributed by atoms with Crippen LogP contribution in [0.1, 0.15) is 56.0 Å². The molecule has 3 N–H and O–H groups in total. The van der Waals surface area contributed by atoms with Crippen molar-refractivity contribution in [3.63, 3.8) is 0 Å². The van der Waals surface area contributed by atoms with Crippen molar-refractivity contribution >= 4 is 22.4 Å². The minimum atomic E-state index is -0.386. The van der Waals surface area contributed by atoms with Gasteiger partial charge in [-0.05, 0) is 26.2 Å². The molecule has 112 valence electrons. The van der Waals surface area contributed by atoms with E-state index in [1.807, 2.05) is 0 Å². The highest BCUT2D eigenvalue weighted by atomic mass is 32.1. The number of carbonyl (C=O) groups excluding carboxylic acids is 1. The number of thiazole rings is 1. The molecule has 1 aromatic heterocycles. The molecule has 0 spiro atoms. The Morgan fingerprint density at radius 1 is 1.35 bits per heavy atom. The molecular weight excluding hydrogens is 270 g/mol. The van der Waals surface area contributed by atoms with Gasteiger partial charge in [-0.3, -0.25) is 4.79 Å². The lowest BCUT2D eigenvalue weighted by molar-refractivity contribution is -0.125. The topological polar surface area (TPSA) is 68.0 Å². The minimum Gasteiger partial charge on any atom is -0.329 e. The predicted octanol–water partition coefficient (Wildman–Crippen LogP) is 3.25. The molecule has 0 bridgehead atoms. The fourth-order valence-corrected chi connectivity index (χ4v) is 3.87. The van der Waals surface area contributed by atoms with Crippen molar-refractivity contribution in [3.8, 4) is 0 Å². The fourth-order valence-electron chi connectivity index (χ4n) is 2.97. The molecule has 20 heavy (non-hydrogen) atoms. The maximum atomic E-state index is 12.7. The zero-order chi connectivity index (χ0) is 14.6. The molecule has 1 aliphatic carbocycles. The van der Waals surface area contributed by atoms with E-state index in [0.717, 1.165) is 42.9 Å². The van der Waals surface area contributed by atoms with Crippen LogP contribution in [0.15, 0.2) is 0 Å². The van der Waals surface area contributed by atoms with Crippen LogP contribution in [0.2, 0.25) is 0 Å². The molecule has 0 aromatic carbocycles. The fraction of sp³-hybridized carbons (Fsp3) is 0.733. The number of hydrogen-bond acceptors (Lipinski definition) is 4. The van der Waals surface area contributed by atoms with Crippen molar-refractivity contribution in [2.75, 3.05) is 11.9 Å². The lowest BCUT2D eigenvalue weighted by atomic mass is 9.79. The lowest BCUT2D eigenvalue weighted by Crippen LogP contribution is -2.42. The van der Waals surface area contributed by atoms with Gasteiger partial charge in [0.2, 0.25) is 5.91 Å². The van der Waals surface area contributed by atoms with Gasteiger partial charge in [-0.1, -0.05) is 32.6 Å². The van der Waals surface area contributed by atoms with E-state index >= 15 is 0 Å². The van der Waals surface area contributed by atoms with Gasteiger partial charge in [0.25, 0.3) is 0 Å². The van der Waals surface area contributed by atoms with E-state index in [9.17, 15) is 4.79 Å². The molecule has 5 heteroatoms. The second-order valence-electron chi connectivity index (χ2n) is 5.73. The quantitative estimate of drug-likeness (QED) is 0.838. The van der Waals surface area contributed by atoms with E-state index in [1.165, 1.54) is 17.7 Å². The summed E-state index contributed by atoms with van der Waals surface area (Å²) < 4.78 is 0. The summed E-state index contributed by atoms with van der Waals surface area (Å²) in [5, 5.41) is 3.74. The smallest absolute Gasteiger partial charge is 0.233 e. The molecule has 0 saturated heterocycles. The van der Waals surface area contributed by atoms with Gasteiger partial charge < -0.3 is 11.1 Å². The van der Waals surface area contributed by atoms with Crippen LogP contribution in [0.3, 0.4) is 0 Å². The number of aryl methyl sites for hydroxylation is 2. The number of carbonyl (C=O) groups is 1. The van der Waals surface area contributed by atoms with Crippen LogP contribution in [-0.2, 0) is 11.2 Å². The highest BCUT2D eigenvalue weighted by Gasteiger charge is 2.37. The number of rotatable bonds is 4. The summed E-state index contributed by atoms with van der Waals surface area (Å²) in [5.41, 5.74) is 6.64. The number of amides is 1. The molecule has 1 aliphatic rings. The normalized spacial score (nSPS) is 18.6. The molecule has 0 atom stereocenters. The second-order valence-corrected chi connectivity index (χ2v) is 6.93. The first-order chi connectivity index (χ1) is 9.61. The zero-order valence-corrected chi connectivity index (χ0v) is 13.3. The third-order valence-corrected chi connectivity index (χ3v) is 5.31. The molecule has 1 heterocycles. The average molecular weight is 295 g/mol. The Hall–Kier alpha value is -0.940. The number of nitrogens with zero attached hydrogens (tertiary/aromatic N) is 1. The highest BCUT2D eigenvalue weighted by Crippen LogP contribution is 2.36. The van der Waals surface area contributed by atoms with E-state index < -0.39 is 0 Å². The summed E-state index contributed by atoms with van der Waals surface area (Å²) in [5.74, 6) is 0.0679. The van der Waals surface area contributed by atoms with Gasteiger partial charge in [0, 0.05) is 11.4 Å². The van der Waals surface area contributed by atoms with Crippen molar-refractivity contribution in [1.82, 2.24) is 4.98 Å². The first kappa shape index (κ1) is 15.4. The van der Waals surface area contributed by atoms with Crippen LogP contribution >= 0.6 is 11.3 Å². The largest absolute Gasteiger partial charge is 0.329 e. The third kappa shape index (κ3) is 3.20. The van der Waals surface area contributed by atoms with Crippen molar-refractivity contribution in [1.29, 1.82) is 0 Å². The molecule has 1 amide bonds. The Balaban J connectivity index is 2.11. The molecule has 1 saturated carbocycles. The number of anilines is 1. The zero-order valence-electron chi connectivity index (χ0n) is 12.5. The van der Waals surface area contributed by atoms with E-state index in [1.54, 1.807) is 11.3 Å². The van der Waals surface area contributed by atoms with Crippen LogP contribution in [0.25, 0.3) is 0 Å².